The fraction of sp³-hybridized carbons (Fsp3) is 0.160. The number of aromatic nitrogens is 1. The number of amides is 2. The summed E-state index contributed by atoms with van der Waals surface area (Å²) >= 11 is 0. The number of hydrogen-bond donors (Lipinski definition) is 1. The Morgan fingerprint density at radius 1 is 0.833 bits per heavy atom. The quantitative estimate of drug-likeness (QED) is 0.648. The molecule has 5 heteroatoms. The number of nitrogens with zero attached hydrogens (tertiary/aromatic N) is 2. The Balaban J connectivity index is 1.79. The van der Waals surface area contributed by atoms with Crippen molar-refractivity contribution in [2.24, 2.45) is 0 Å². The van der Waals surface area contributed by atoms with Crippen LogP contribution in [0.15, 0.2) is 72.6 Å². The lowest BCUT2D eigenvalue weighted by atomic mass is 9.99. The van der Waals surface area contributed by atoms with Gasteiger partial charge in [0.15, 0.2) is 0 Å². The van der Waals surface area contributed by atoms with Crippen LogP contribution in [0.4, 0.5) is 5.69 Å². The van der Waals surface area contributed by atoms with E-state index >= 15 is 0 Å². The number of carbonyl (C=O) groups excluding carboxylic acids is 2. The normalized spacial score (nSPS) is 13.9. The molecule has 0 unspecified atom stereocenters. The molecule has 0 aliphatic carbocycles. The van der Waals surface area contributed by atoms with Crippen LogP contribution in [0.3, 0.4) is 0 Å². The largest absolute Gasteiger partial charge is 0.350 e. The molecule has 3 aromatic rings. The van der Waals surface area contributed by atoms with Gasteiger partial charge in [-0.15, -0.1) is 0 Å². The van der Waals surface area contributed by atoms with Gasteiger partial charge in [-0.25, -0.2) is 0 Å². The molecular weight excluding hydrogens is 374 g/mol. The van der Waals surface area contributed by atoms with E-state index in [0.29, 0.717) is 17.0 Å². The number of rotatable bonds is 5. The topological polar surface area (TPSA) is 62.3 Å². The van der Waals surface area contributed by atoms with Crippen molar-refractivity contribution in [2.45, 2.75) is 27.3 Å². The van der Waals surface area contributed by atoms with Crippen LogP contribution in [-0.2, 0) is 16.1 Å². The summed E-state index contributed by atoms with van der Waals surface area (Å²) in [5.74, 6) is -0.660. The molecule has 0 atom stereocenters. The summed E-state index contributed by atoms with van der Waals surface area (Å²) in [6.45, 7) is 6.12. The molecule has 0 bridgehead atoms. The van der Waals surface area contributed by atoms with Gasteiger partial charge in [0.1, 0.15) is 5.70 Å². The molecule has 2 amide bonds. The highest BCUT2D eigenvalue weighted by Crippen LogP contribution is 2.32. The second kappa shape index (κ2) is 7.95. The molecular formula is C25H23N3O2. The number of para-hydroxylation sites is 1. The van der Waals surface area contributed by atoms with Crippen LogP contribution >= 0.6 is 0 Å². The highest BCUT2D eigenvalue weighted by atomic mass is 16.2. The summed E-state index contributed by atoms with van der Waals surface area (Å²) in [6.07, 6.45) is 1.66. The first-order chi connectivity index (χ1) is 14.5. The van der Waals surface area contributed by atoms with Crippen LogP contribution in [0.2, 0.25) is 0 Å². The molecule has 1 aromatic heterocycles. The van der Waals surface area contributed by atoms with E-state index in [1.165, 1.54) is 4.90 Å². The van der Waals surface area contributed by atoms with E-state index in [0.717, 1.165) is 27.9 Å². The van der Waals surface area contributed by atoms with Crippen LogP contribution in [0, 0.1) is 20.8 Å². The Morgan fingerprint density at radius 3 is 2.30 bits per heavy atom. The van der Waals surface area contributed by atoms with Crippen molar-refractivity contribution < 1.29 is 9.59 Å². The number of anilines is 1. The van der Waals surface area contributed by atoms with Gasteiger partial charge in [-0.05, 0) is 61.2 Å². The maximum absolute atomic E-state index is 13.4. The van der Waals surface area contributed by atoms with Crippen LogP contribution in [0.5, 0.6) is 0 Å². The smallest absolute Gasteiger partial charge is 0.278 e. The average Bonchev–Trinajstić information content (AvgIpc) is 2.97. The molecule has 30 heavy (non-hydrogen) atoms. The Labute approximate surface area is 176 Å². The predicted octanol–water partition coefficient (Wildman–Crippen LogP) is 4.40. The maximum atomic E-state index is 13.4. The van der Waals surface area contributed by atoms with Gasteiger partial charge in [0.05, 0.1) is 17.8 Å². The van der Waals surface area contributed by atoms with E-state index in [9.17, 15) is 9.59 Å². The van der Waals surface area contributed by atoms with Gasteiger partial charge in [0.2, 0.25) is 0 Å². The van der Waals surface area contributed by atoms with Crippen molar-refractivity contribution in [3.8, 4) is 0 Å². The summed E-state index contributed by atoms with van der Waals surface area (Å²) in [5.41, 5.74) is 6.08. The molecule has 2 heterocycles. The van der Waals surface area contributed by atoms with Crippen molar-refractivity contribution in [2.75, 3.05) is 5.32 Å². The van der Waals surface area contributed by atoms with Crippen molar-refractivity contribution in [3.63, 3.8) is 0 Å². The van der Waals surface area contributed by atoms with Gasteiger partial charge in [-0.1, -0.05) is 42.5 Å². The van der Waals surface area contributed by atoms with Crippen molar-refractivity contribution in [1.29, 1.82) is 0 Å². The van der Waals surface area contributed by atoms with Crippen molar-refractivity contribution in [3.05, 3.63) is 101 Å². The van der Waals surface area contributed by atoms with E-state index < -0.39 is 0 Å². The minimum Gasteiger partial charge on any atom is -0.350 e. The zero-order valence-electron chi connectivity index (χ0n) is 17.3. The third kappa shape index (κ3) is 3.62. The summed E-state index contributed by atoms with van der Waals surface area (Å²) < 4.78 is 0. The Hall–Kier alpha value is -3.73. The monoisotopic (exact) mass is 397 g/mol. The van der Waals surface area contributed by atoms with Gasteiger partial charge < -0.3 is 5.32 Å². The fourth-order valence-electron chi connectivity index (χ4n) is 3.50. The van der Waals surface area contributed by atoms with Crippen LogP contribution in [-0.4, -0.2) is 21.7 Å². The summed E-state index contributed by atoms with van der Waals surface area (Å²) in [4.78, 5) is 32.2. The number of carbonyl (C=O) groups is 2. The summed E-state index contributed by atoms with van der Waals surface area (Å²) in [7, 11) is 0. The molecule has 4 rings (SSSR count). The molecule has 150 valence electrons. The lowest BCUT2D eigenvalue weighted by Gasteiger charge is -2.15. The SMILES string of the molecule is Cc1ccc(C2=C(Nc3ccccc3C)C(=O)N(Cc3ccccn3)C2=O)cc1C. The molecule has 0 saturated carbocycles. The molecule has 0 fully saturated rings. The summed E-state index contributed by atoms with van der Waals surface area (Å²) in [6, 6.07) is 19.0. The van der Waals surface area contributed by atoms with Gasteiger partial charge in [-0.2, -0.15) is 0 Å². The van der Waals surface area contributed by atoms with Gasteiger partial charge >= 0.3 is 0 Å². The van der Waals surface area contributed by atoms with E-state index in [2.05, 4.69) is 10.3 Å². The molecule has 0 saturated heterocycles. The molecule has 2 aromatic carbocycles. The second-order valence-corrected chi connectivity index (χ2v) is 7.51. The zero-order chi connectivity index (χ0) is 21.3. The molecule has 1 aliphatic rings. The Bertz CT molecular complexity index is 1170. The number of imide groups is 1. The van der Waals surface area contributed by atoms with E-state index in [-0.39, 0.29) is 18.4 Å². The minimum atomic E-state index is -0.345. The lowest BCUT2D eigenvalue weighted by Crippen LogP contribution is -2.32. The van der Waals surface area contributed by atoms with Crippen molar-refractivity contribution >= 4 is 23.1 Å². The first-order valence-electron chi connectivity index (χ1n) is 9.86. The standard InChI is InChI=1S/C25H23N3O2/c1-16-11-12-19(14-18(16)3)22-23(27-21-10-5-4-8-17(21)2)25(30)28(24(22)29)15-20-9-6-7-13-26-20/h4-14,27H,15H2,1-3H3. The van der Waals surface area contributed by atoms with Crippen LogP contribution in [0.25, 0.3) is 5.57 Å². The minimum absolute atomic E-state index is 0.131. The van der Waals surface area contributed by atoms with E-state index in [4.69, 9.17) is 0 Å². The highest BCUT2D eigenvalue weighted by molar-refractivity contribution is 6.36. The van der Waals surface area contributed by atoms with E-state index in [1.807, 2.05) is 75.4 Å². The van der Waals surface area contributed by atoms with E-state index in [1.54, 1.807) is 12.3 Å². The molecule has 0 spiro atoms. The predicted molar refractivity (Wildman–Crippen MR) is 117 cm³/mol. The Morgan fingerprint density at radius 2 is 1.60 bits per heavy atom. The Kier molecular flexibility index (Phi) is 5.19. The third-order valence-corrected chi connectivity index (χ3v) is 5.41. The van der Waals surface area contributed by atoms with Crippen molar-refractivity contribution in [1.82, 2.24) is 9.88 Å². The van der Waals surface area contributed by atoms with Crippen LogP contribution in [0.1, 0.15) is 27.9 Å². The summed E-state index contributed by atoms with van der Waals surface area (Å²) in [5, 5.41) is 3.23. The number of hydrogen-bond acceptors (Lipinski definition) is 4. The molecule has 1 aliphatic heterocycles. The fourth-order valence-corrected chi connectivity index (χ4v) is 3.50. The molecule has 5 nitrogen and oxygen atoms in total. The molecule has 0 radical (unpaired) electrons. The number of nitrogens with one attached hydrogen (secondary N) is 1. The number of benzene rings is 2. The lowest BCUT2D eigenvalue weighted by molar-refractivity contribution is -0.137. The molecule has 1 N–H and O–H groups in total. The third-order valence-electron chi connectivity index (χ3n) is 5.41. The maximum Gasteiger partial charge on any atom is 0.278 e. The first-order valence-corrected chi connectivity index (χ1v) is 9.86. The highest BCUT2D eigenvalue weighted by Gasteiger charge is 2.39. The second-order valence-electron chi connectivity index (χ2n) is 7.51. The zero-order valence-corrected chi connectivity index (χ0v) is 17.3. The van der Waals surface area contributed by atoms with Gasteiger partial charge in [0, 0.05) is 11.9 Å². The van der Waals surface area contributed by atoms with Crippen LogP contribution < -0.4 is 5.32 Å². The number of pyridine rings is 1. The number of aryl methyl sites for hydroxylation is 3. The first kappa shape index (κ1) is 19.6. The average molecular weight is 397 g/mol. The van der Waals surface area contributed by atoms with Gasteiger partial charge in [0.25, 0.3) is 11.8 Å². The van der Waals surface area contributed by atoms with Gasteiger partial charge in [-0.3, -0.25) is 19.5 Å².